The van der Waals surface area contributed by atoms with Crippen molar-refractivity contribution in [2.45, 2.75) is 82.3 Å². The highest BCUT2D eigenvalue weighted by atomic mass is 19.1. The van der Waals surface area contributed by atoms with Crippen molar-refractivity contribution in [3.63, 3.8) is 0 Å². The lowest BCUT2D eigenvalue weighted by molar-refractivity contribution is -0.155. The molecule has 5 unspecified atom stereocenters. The highest BCUT2D eigenvalue weighted by Gasteiger charge is 2.43. The molecule has 0 radical (unpaired) electrons. The second-order valence-corrected chi connectivity index (χ2v) is 14.5. The topological polar surface area (TPSA) is 147 Å². The first-order valence-electron chi connectivity index (χ1n) is 17.9. The number of carbonyl (C=O) groups is 3. The van der Waals surface area contributed by atoms with Crippen LogP contribution in [0.15, 0.2) is 85.1 Å². The number of alkyl carbamates (subject to hydrolysis) is 1. The van der Waals surface area contributed by atoms with E-state index >= 15 is 0 Å². The van der Waals surface area contributed by atoms with Gasteiger partial charge in [-0.25, -0.2) is 19.0 Å². The Kier molecular flexibility index (Phi) is 11.7. The summed E-state index contributed by atoms with van der Waals surface area (Å²) in [6, 6.07) is 22.2. The number of nitrogens with one attached hydrogen (secondary N) is 4. The number of hydrogen-bond acceptors (Lipinski definition) is 9. The van der Waals surface area contributed by atoms with Gasteiger partial charge in [0.25, 0.3) is 0 Å². The molecular weight excluding hydrogens is 679 g/mol. The molecule has 13 heteroatoms. The Morgan fingerprint density at radius 3 is 2.40 bits per heavy atom. The minimum Gasteiger partial charge on any atom is -0.460 e. The second kappa shape index (κ2) is 16.6. The molecule has 3 aromatic carbocycles. The van der Waals surface area contributed by atoms with Gasteiger partial charge in [-0.2, -0.15) is 0 Å². The fraction of sp³-hybridized carbons (Fsp3) is 0.400. The van der Waals surface area contributed by atoms with E-state index in [0.29, 0.717) is 38.0 Å². The highest BCUT2D eigenvalue weighted by Crippen LogP contribution is 2.40. The number of hydrogen-bond donors (Lipinski definition) is 4. The molecule has 2 saturated heterocycles. The Morgan fingerprint density at radius 2 is 1.70 bits per heavy atom. The van der Waals surface area contributed by atoms with Gasteiger partial charge in [-0.15, -0.1) is 0 Å². The van der Waals surface area contributed by atoms with Crippen molar-refractivity contribution in [3.05, 3.63) is 108 Å². The van der Waals surface area contributed by atoms with E-state index in [1.54, 1.807) is 30.5 Å². The zero-order valence-electron chi connectivity index (χ0n) is 30.4. The van der Waals surface area contributed by atoms with Crippen molar-refractivity contribution >= 4 is 23.8 Å². The Hall–Kier alpha value is -5.27. The molecule has 2 amide bonds. The lowest BCUT2D eigenvalue weighted by Gasteiger charge is -2.47. The molecule has 53 heavy (non-hydrogen) atoms. The van der Waals surface area contributed by atoms with Crippen LogP contribution in [0.2, 0.25) is 0 Å². The van der Waals surface area contributed by atoms with Crippen LogP contribution in [0.25, 0.3) is 11.3 Å². The van der Waals surface area contributed by atoms with Crippen LogP contribution in [-0.2, 0) is 25.6 Å². The number of anilines is 1. The molecule has 0 spiro atoms. The average molecular weight is 727 g/mol. The van der Waals surface area contributed by atoms with Gasteiger partial charge in [0.15, 0.2) is 0 Å². The van der Waals surface area contributed by atoms with Gasteiger partial charge in [-0.3, -0.25) is 15.0 Å². The van der Waals surface area contributed by atoms with Crippen LogP contribution in [0.4, 0.5) is 19.7 Å². The first-order valence-corrected chi connectivity index (χ1v) is 17.9. The molecule has 280 valence electrons. The SMILES string of the molecule is COC(=O)Nc1ccc(-c2cnc(C3NCC(N4CCC(NC(=O)OC(C)(C)C)CC4C(=O)OCc4ccccc4)CC3c3ccc(F)cc3)[nH]2)cc1. The van der Waals surface area contributed by atoms with Crippen LogP contribution < -0.4 is 16.0 Å². The van der Waals surface area contributed by atoms with E-state index in [4.69, 9.17) is 14.5 Å². The van der Waals surface area contributed by atoms with Crippen molar-refractivity contribution in [3.8, 4) is 11.3 Å². The fourth-order valence-corrected chi connectivity index (χ4v) is 7.12. The number of rotatable bonds is 9. The van der Waals surface area contributed by atoms with Gasteiger partial charge in [-0.05, 0) is 81.0 Å². The molecule has 0 bridgehead atoms. The maximum absolute atomic E-state index is 14.1. The summed E-state index contributed by atoms with van der Waals surface area (Å²) in [5.74, 6) is -0.0764. The van der Waals surface area contributed by atoms with Crippen molar-refractivity contribution in [1.82, 2.24) is 25.5 Å². The lowest BCUT2D eigenvalue weighted by atomic mass is 9.80. The average Bonchev–Trinajstić information content (AvgIpc) is 3.64. The van der Waals surface area contributed by atoms with Crippen LogP contribution in [0.1, 0.15) is 68.9 Å². The van der Waals surface area contributed by atoms with E-state index in [-0.39, 0.29) is 42.4 Å². The largest absolute Gasteiger partial charge is 0.460 e. The summed E-state index contributed by atoms with van der Waals surface area (Å²) in [5.41, 5.74) is 3.45. The number of nitrogens with zero attached hydrogens (tertiary/aromatic N) is 2. The van der Waals surface area contributed by atoms with E-state index in [9.17, 15) is 18.8 Å². The minimum absolute atomic E-state index is 0.0812. The molecule has 6 rings (SSSR count). The van der Waals surface area contributed by atoms with E-state index in [1.165, 1.54) is 19.2 Å². The third-order valence-electron chi connectivity index (χ3n) is 9.65. The smallest absolute Gasteiger partial charge is 0.411 e. The fourth-order valence-electron chi connectivity index (χ4n) is 7.12. The molecule has 2 aliphatic heterocycles. The van der Waals surface area contributed by atoms with Crippen LogP contribution in [0.3, 0.4) is 0 Å². The first kappa shape index (κ1) is 37.5. The Labute approximate surface area is 308 Å². The maximum Gasteiger partial charge on any atom is 0.411 e. The van der Waals surface area contributed by atoms with Crippen LogP contribution in [0.5, 0.6) is 0 Å². The summed E-state index contributed by atoms with van der Waals surface area (Å²) in [6.07, 6.45) is 2.35. The van der Waals surface area contributed by atoms with Crippen molar-refractivity contribution in [1.29, 1.82) is 0 Å². The van der Waals surface area contributed by atoms with Crippen molar-refractivity contribution in [2.75, 3.05) is 25.5 Å². The normalized spacial score (nSPS) is 22.0. The van der Waals surface area contributed by atoms with Crippen LogP contribution in [0, 0.1) is 5.82 Å². The molecule has 1 aromatic heterocycles. The summed E-state index contributed by atoms with van der Waals surface area (Å²) >= 11 is 0. The van der Waals surface area contributed by atoms with Gasteiger partial charge in [0.1, 0.15) is 29.9 Å². The molecule has 5 atom stereocenters. The number of aromatic nitrogens is 2. The number of aromatic amines is 1. The number of amides is 2. The van der Waals surface area contributed by atoms with E-state index in [2.05, 4.69) is 30.6 Å². The molecule has 4 aromatic rings. The number of halogens is 1. The van der Waals surface area contributed by atoms with Gasteiger partial charge in [0.05, 0.1) is 25.0 Å². The molecule has 12 nitrogen and oxygen atoms in total. The Morgan fingerprint density at radius 1 is 0.962 bits per heavy atom. The number of esters is 1. The van der Waals surface area contributed by atoms with Crippen molar-refractivity contribution in [2.24, 2.45) is 0 Å². The molecule has 2 aliphatic rings. The van der Waals surface area contributed by atoms with Gasteiger partial charge in [-0.1, -0.05) is 54.6 Å². The summed E-state index contributed by atoms with van der Waals surface area (Å²) in [7, 11) is 1.31. The van der Waals surface area contributed by atoms with E-state index in [0.717, 1.165) is 28.2 Å². The molecule has 3 heterocycles. The number of carbonyl (C=O) groups excluding carboxylic acids is 3. The van der Waals surface area contributed by atoms with Gasteiger partial charge in [0, 0.05) is 36.8 Å². The summed E-state index contributed by atoms with van der Waals surface area (Å²) in [4.78, 5) is 48.6. The predicted molar refractivity (Wildman–Crippen MR) is 197 cm³/mol. The third-order valence-corrected chi connectivity index (χ3v) is 9.65. The standard InChI is InChI=1S/C40H47FN6O6/c1-40(2,3)53-39(50)45-30-18-19-47(34(20-30)37(48)52-24-25-8-6-5-7-9-25)31-21-32(26-10-14-28(41)15-11-26)35(42-22-31)36-43-23-33(46-36)27-12-16-29(17-13-27)44-38(49)51-4/h5-17,23,30-32,34-35,42H,18-22,24H2,1-4H3,(H,43,46)(H,44,49)(H,45,50). The predicted octanol–water partition coefficient (Wildman–Crippen LogP) is 6.68. The van der Waals surface area contributed by atoms with Crippen LogP contribution in [-0.4, -0.2) is 76.9 Å². The highest BCUT2D eigenvalue weighted by molar-refractivity contribution is 5.84. The number of imidazole rings is 1. The number of H-pyrrole nitrogens is 1. The number of piperidine rings is 2. The lowest BCUT2D eigenvalue weighted by Crippen LogP contribution is -2.60. The Balaban J connectivity index is 1.22. The zero-order valence-corrected chi connectivity index (χ0v) is 30.4. The molecular formula is C40H47FN6O6. The zero-order chi connectivity index (χ0) is 37.5. The van der Waals surface area contributed by atoms with Crippen molar-refractivity contribution < 1.29 is 33.0 Å². The molecule has 2 fully saturated rings. The maximum atomic E-state index is 14.1. The minimum atomic E-state index is -0.652. The summed E-state index contributed by atoms with van der Waals surface area (Å²) in [5, 5.41) is 9.32. The molecule has 0 aliphatic carbocycles. The summed E-state index contributed by atoms with van der Waals surface area (Å²) in [6.45, 7) is 6.68. The molecule has 0 saturated carbocycles. The van der Waals surface area contributed by atoms with Gasteiger partial charge in [0.2, 0.25) is 0 Å². The van der Waals surface area contributed by atoms with E-state index in [1.807, 2.05) is 63.2 Å². The quantitative estimate of drug-likeness (QED) is 0.110. The van der Waals surface area contributed by atoms with Gasteiger partial charge >= 0.3 is 18.2 Å². The number of benzene rings is 3. The van der Waals surface area contributed by atoms with E-state index < -0.39 is 23.8 Å². The number of ether oxygens (including phenoxy) is 3. The number of methoxy groups -OCH3 is 1. The Bertz CT molecular complexity index is 1850. The van der Waals surface area contributed by atoms with Crippen LogP contribution >= 0.6 is 0 Å². The summed E-state index contributed by atoms with van der Waals surface area (Å²) < 4.78 is 30.2. The van der Waals surface area contributed by atoms with Gasteiger partial charge < -0.3 is 29.8 Å². The number of likely N-dealkylation sites (tertiary alicyclic amines) is 1. The first-order chi connectivity index (χ1) is 25.5. The molecule has 4 N–H and O–H groups in total. The monoisotopic (exact) mass is 726 g/mol. The second-order valence-electron chi connectivity index (χ2n) is 14.5. The third kappa shape index (κ3) is 9.79.